The molecule has 9 nitrogen and oxygen atoms in total. The molecule has 0 fully saturated rings. The number of benzene rings is 18. The van der Waals surface area contributed by atoms with Crippen LogP contribution in [0.25, 0.3) is 258 Å². The van der Waals surface area contributed by atoms with Crippen LogP contribution < -0.4 is 0 Å². The molecule has 0 saturated heterocycles. The van der Waals surface area contributed by atoms with E-state index in [0.29, 0.717) is 0 Å². The molecule has 0 amide bonds. The molecule has 0 N–H and O–H groups in total. The molecule has 0 aliphatic carbocycles. The van der Waals surface area contributed by atoms with Crippen LogP contribution in [-0.4, -0.2) is 43.1 Å². The molecule has 0 bridgehead atoms. The summed E-state index contributed by atoms with van der Waals surface area (Å²) in [5, 5.41) is 18.3. The van der Waals surface area contributed by atoms with E-state index in [9.17, 15) is 0 Å². The van der Waals surface area contributed by atoms with E-state index >= 15 is 0 Å². The van der Waals surface area contributed by atoms with Gasteiger partial charge >= 0.3 is 0 Å². The van der Waals surface area contributed by atoms with E-state index < -0.39 is 0 Å². The highest BCUT2D eigenvalue weighted by molar-refractivity contribution is 7.26. The molecule has 28 aromatic rings. The third kappa shape index (κ3) is 11.3. The van der Waals surface area contributed by atoms with Gasteiger partial charge in [-0.1, -0.05) is 315 Å². The Bertz CT molecular complexity index is 9050. The second kappa shape index (κ2) is 28.5. The Balaban J connectivity index is 0.000000101. The molecule has 0 aliphatic heterocycles. The maximum absolute atomic E-state index is 5.31. The third-order valence-electron chi connectivity index (χ3n) is 25.6. The zero-order valence-electron chi connectivity index (χ0n) is 67.8. The van der Waals surface area contributed by atoms with Gasteiger partial charge in [0.15, 0.2) is 17.5 Å². The van der Waals surface area contributed by atoms with E-state index in [1.54, 1.807) is 11.3 Å². The first-order valence-electron chi connectivity index (χ1n) is 42.7. The lowest BCUT2D eigenvalue weighted by Gasteiger charge is -2.11. The number of aromatic nitrogens is 9. The average molecular weight is 1620 g/mol. The van der Waals surface area contributed by atoms with Crippen LogP contribution >= 0.6 is 11.3 Å². The van der Waals surface area contributed by atoms with Crippen molar-refractivity contribution in [2.75, 3.05) is 0 Å². The van der Waals surface area contributed by atoms with Gasteiger partial charge in [-0.15, -0.1) is 11.3 Å². The van der Waals surface area contributed by atoms with Crippen molar-refractivity contribution in [3.05, 3.63) is 419 Å². The lowest BCUT2D eigenvalue weighted by Crippen LogP contribution is -1.95. The first kappa shape index (κ1) is 71.1. The van der Waals surface area contributed by atoms with E-state index in [4.69, 9.17) is 29.9 Å². The van der Waals surface area contributed by atoms with Crippen molar-refractivity contribution in [1.82, 2.24) is 43.1 Å². The Morgan fingerprint density at radius 3 is 0.937 bits per heavy atom. The number of rotatable bonds is 9. The minimum absolute atomic E-state index is 0.733. The smallest absolute Gasteiger partial charge is 0.160 e. The topological polar surface area (TPSA) is 90.6 Å². The third-order valence-corrected chi connectivity index (χ3v) is 26.7. The van der Waals surface area contributed by atoms with Gasteiger partial charge in [-0.25, -0.2) is 29.9 Å². The first-order valence-corrected chi connectivity index (χ1v) is 43.5. The van der Waals surface area contributed by atoms with Crippen LogP contribution in [0.1, 0.15) is 0 Å². The van der Waals surface area contributed by atoms with Gasteiger partial charge in [0.1, 0.15) is 0 Å². The van der Waals surface area contributed by atoms with Crippen LogP contribution in [-0.2, 0) is 0 Å². The number of para-hydroxylation sites is 7. The van der Waals surface area contributed by atoms with Crippen LogP contribution in [0.2, 0.25) is 0 Å². The van der Waals surface area contributed by atoms with Gasteiger partial charge in [-0.3, -0.25) is 0 Å². The summed E-state index contributed by atoms with van der Waals surface area (Å²) in [6.07, 6.45) is 0. The van der Waals surface area contributed by atoms with Crippen molar-refractivity contribution < 1.29 is 0 Å². The Morgan fingerprint density at radius 1 is 0.167 bits per heavy atom. The second-order valence-corrected chi connectivity index (χ2v) is 33.8. The van der Waals surface area contributed by atoms with Crippen LogP contribution in [0.15, 0.2) is 419 Å². The van der Waals surface area contributed by atoms with Crippen molar-refractivity contribution in [2.45, 2.75) is 0 Å². The highest BCUT2D eigenvalue weighted by atomic mass is 32.1. The molecule has 584 valence electrons. The van der Waals surface area contributed by atoms with Crippen molar-refractivity contribution >= 4 is 168 Å². The number of hydrogen-bond donors (Lipinski definition) is 0. The molecule has 10 heteroatoms. The van der Waals surface area contributed by atoms with Crippen molar-refractivity contribution in [2.24, 2.45) is 0 Å². The normalized spacial score (nSPS) is 12.0. The molecule has 10 heterocycles. The maximum atomic E-state index is 5.31. The molecule has 10 aromatic heterocycles. The van der Waals surface area contributed by atoms with E-state index in [-0.39, 0.29) is 0 Å². The zero-order chi connectivity index (χ0) is 82.6. The van der Waals surface area contributed by atoms with Gasteiger partial charge < -0.3 is 13.2 Å². The molecule has 0 aliphatic rings. The standard InChI is InChI=1S/C40H23N3S.2C38H23N3/c1-3-11-24(12-4-1)26-19-20-34-30(21-26)32-23-27(22-31-28-15-7-9-17-33(28)43(34)38(31)32)40-41-36(25-13-5-2-6-14-25)39-37(42-40)29-16-8-10-18-35(29)44-39;1-2-11-24(12-3-1)36-30-17-4-7-18-33(30)39-38(40-36)26-14-10-13-25(21-26)27-22-31-28-15-5-8-19-34(28)41-35-20-9-6-16-29(35)32(23-27)37(31)41;1-2-10-24(11-3-1)25-18-20-26(21-19-25)36-30-14-4-7-15-33(30)39-38(40-36)27-22-31-28-12-5-8-16-34(28)41-35-17-9-6-13-29(35)32(23-27)37(31)41/h1-23H;2*1-23H. The summed E-state index contributed by atoms with van der Waals surface area (Å²) in [5.41, 5.74) is 30.5. The molecule has 0 atom stereocenters. The minimum atomic E-state index is 0.733. The van der Waals surface area contributed by atoms with Crippen LogP contribution in [0, 0.1) is 0 Å². The molecule has 0 radical (unpaired) electrons. The van der Waals surface area contributed by atoms with Crippen molar-refractivity contribution in [3.63, 3.8) is 0 Å². The van der Waals surface area contributed by atoms with Crippen LogP contribution in [0.5, 0.6) is 0 Å². The fraction of sp³-hybridized carbons (Fsp3) is 0. The van der Waals surface area contributed by atoms with Gasteiger partial charge in [0.2, 0.25) is 0 Å². The summed E-state index contributed by atoms with van der Waals surface area (Å²) in [6.45, 7) is 0. The number of hydrogen-bond acceptors (Lipinski definition) is 7. The molecule has 0 saturated carbocycles. The molecule has 0 spiro atoms. The molecule has 28 rings (SSSR count). The molecule has 0 unspecified atom stereocenters. The summed E-state index contributed by atoms with van der Waals surface area (Å²) >= 11 is 1.77. The lowest BCUT2D eigenvalue weighted by atomic mass is 9.98. The van der Waals surface area contributed by atoms with E-state index in [0.717, 1.165) is 106 Å². The molecule has 126 heavy (non-hydrogen) atoms. The quantitative estimate of drug-likeness (QED) is 0.143. The monoisotopic (exact) mass is 1620 g/mol. The van der Waals surface area contributed by atoms with E-state index in [1.807, 2.05) is 30.3 Å². The first-order chi connectivity index (χ1) is 62.5. The summed E-state index contributed by atoms with van der Waals surface area (Å²) in [5.74, 6) is 2.23. The van der Waals surface area contributed by atoms with Crippen LogP contribution in [0.3, 0.4) is 0 Å². The lowest BCUT2D eigenvalue weighted by molar-refractivity contribution is 1.23. The summed E-state index contributed by atoms with van der Waals surface area (Å²) in [6, 6.07) is 149. The predicted octanol–water partition coefficient (Wildman–Crippen LogP) is 30.6. The van der Waals surface area contributed by atoms with Gasteiger partial charge in [-0.2, -0.15) is 0 Å². The van der Waals surface area contributed by atoms with Crippen LogP contribution in [0.4, 0.5) is 0 Å². The van der Waals surface area contributed by atoms with Crippen molar-refractivity contribution in [3.8, 4) is 101 Å². The van der Waals surface area contributed by atoms with Gasteiger partial charge in [0, 0.05) is 119 Å². The zero-order valence-corrected chi connectivity index (χ0v) is 68.6. The maximum Gasteiger partial charge on any atom is 0.160 e. The van der Waals surface area contributed by atoms with Gasteiger partial charge in [0.05, 0.1) is 88.0 Å². The summed E-state index contributed by atoms with van der Waals surface area (Å²) in [7, 11) is 0. The van der Waals surface area contributed by atoms with Gasteiger partial charge in [-0.05, 0) is 137 Å². The fourth-order valence-corrected chi connectivity index (χ4v) is 21.0. The largest absolute Gasteiger partial charge is 0.308 e. The molecular weight excluding hydrogens is 1550 g/mol. The van der Waals surface area contributed by atoms with E-state index in [2.05, 4.69) is 401 Å². The molecular formula is C116H69N9S. The van der Waals surface area contributed by atoms with Gasteiger partial charge in [0.25, 0.3) is 0 Å². The Hall–Kier alpha value is -16.7. The van der Waals surface area contributed by atoms with Crippen molar-refractivity contribution in [1.29, 1.82) is 0 Å². The highest BCUT2D eigenvalue weighted by Crippen LogP contribution is 2.48. The number of nitrogens with zero attached hydrogens (tertiary/aromatic N) is 9. The number of fused-ring (bicyclic) bond motifs is 23. The number of thiophene rings is 1. The SMILES string of the molecule is c1ccc(-c2ccc(-c3nc(-c4cc5c6ccccc6n6c7ccccc7c(c4)c56)nc4ccccc34)cc2)cc1.c1ccc(-c2ccc3c(c2)c2cc(-c4nc(-c5ccccc5)c5sc6ccccc6c5n4)cc4c5ccccc5n3c42)cc1.c1ccc(-c2nc(-c3cccc(-c4cc5c6ccccc6n6c7ccccc7c(c4)c56)c3)nc3ccccc23)cc1. The minimum Gasteiger partial charge on any atom is -0.308 e. The predicted molar refractivity (Wildman–Crippen MR) is 527 cm³/mol. The second-order valence-electron chi connectivity index (χ2n) is 32.7. The Morgan fingerprint density at radius 2 is 0.460 bits per heavy atom. The Kier molecular flexibility index (Phi) is 16.1. The fourth-order valence-electron chi connectivity index (χ4n) is 19.9. The Labute approximate surface area is 725 Å². The molecule has 18 aromatic carbocycles. The average Bonchev–Trinajstić information content (AvgIpc) is 1.55. The highest BCUT2D eigenvalue weighted by Gasteiger charge is 2.26. The summed E-state index contributed by atoms with van der Waals surface area (Å²) in [4.78, 5) is 31.1. The van der Waals surface area contributed by atoms with E-state index in [1.165, 1.54) is 152 Å². The summed E-state index contributed by atoms with van der Waals surface area (Å²) < 4.78 is 9.61.